The van der Waals surface area contributed by atoms with Gasteiger partial charge in [-0.15, -0.1) is 0 Å². The molecule has 0 rings (SSSR count). The fraction of sp³-hybridized carbons (Fsp3) is 0.500. The van der Waals surface area contributed by atoms with Crippen LogP contribution in [0.1, 0.15) is 0 Å². The van der Waals surface area contributed by atoms with Crippen LogP contribution in [0.15, 0.2) is 0 Å². The summed E-state index contributed by atoms with van der Waals surface area (Å²) >= 11 is 4.05. The van der Waals surface area contributed by atoms with Crippen LogP contribution in [-0.4, -0.2) is 20.2 Å². The summed E-state index contributed by atoms with van der Waals surface area (Å²) in [5.41, 5.74) is 0. The Hall–Kier alpha value is -0.0000000000000000278. The van der Waals surface area contributed by atoms with E-state index in [0.717, 1.165) is 7.11 Å². The summed E-state index contributed by atoms with van der Waals surface area (Å²) in [4.78, 5) is 0. The molecule has 0 aromatic rings. The van der Waals surface area contributed by atoms with E-state index in [9.17, 15) is 8.42 Å². The lowest BCUT2D eigenvalue weighted by atomic mass is 11.8. The van der Waals surface area contributed by atoms with Gasteiger partial charge in [0.05, 0.1) is 7.11 Å². The van der Waals surface area contributed by atoms with E-state index in [1.165, 1.54) is 0 Å². The molecule has 0 bridgehead atoms. The van der Waals surface area contributed by atoms with Crippen molar-refractivity contribution < 1.29 is 12.6 Å². The van der Waals surface area contributed by atoms with Crippen molar-refractivity contribution in [2.45, 2.75) is 0 Å². The second kappa shape index (κ2) is 2.34. The summed E-state index contributed by atoms with van der Waals surface area (Å²) in [6.45, 7) is 0. The molecule has 7 heavy (non-hydrogen) atoms. The Morgan fingerprint density at radius 1 is 1.71 bits per heavy atom. The molecule has 0 aliphatic heterocycles. The molecule has 0 atom stereocenters. The Morgan fingerprint density at radius 2 is 2.14 bits per heavy atom. The Morgan fingerprint density at radius 3 is 2.14 bits per heavy atom. The van der Waals surface area contributed by atoms with E-state index in [1.54, 1.807) is 0 Å². The highest BCUT2D eigenvalue weighted by Crippen LogP contribution is 1.80. The molecule has 3 nitrogen and oxygen atoms in total. The third-order valence-electron chi connectivity index (χ3n) is 0.350. The van der Waals surface area contributed by atoms with E-state index in [-0.39, 0.29) is 0 Å². The molecule has 0 aliphatic rings. The quantitative estimate of drug-likeness (QED) is 0.397. The lowest BCUT2D eigenvalue weighted by Crippen LogP contribution is -1.99. The molecule has 0 saturated carbocycles. The molecule has 0 fully saturated rings. The van der Waals surface area contributed by atoms with Crippen molar-refractivity contribution in [2.75, 3.05) is 7.11 Å². The van der Waals surface area contributed by atoms with Gasteiger partial charge in [0.25, 0.3) is 10.1 Å². The van der Waals surface area contributed by atoms with Gasteiger partial charge in [-0.25, -0.2) is 0 Å². The van der Waals surface area contributed by atoms with Gasteiger partial charge in [0.2, 0.25) is 0 Å². The first-order valence-corrected chi connectivity index (χ1v) is 3.32. The third-order valence-corrected chi connectivity index (χ3v) is 1.76. The molecule has 0 aliphatic carbocycles. The summed E-state index contributed by atoms with van der Waals surface area (Å²) in [7, 11) is -2.41. The monoisotopic (exact) mass is 140 g/mol. The van der Waals surface area contributed by atoms with Gasteiger partial charge < -0.3 is 0 Å². The SMILES string of the molecule is COS(=O)(=O)C=S. The molecule has 0 amide bonds. The predicted molar refractivity (Wildman–Crippen MR) is 29.6 cm³/mol. The molecule has 0 unspecified atom stereocenters. The molecular weight excluding hydrogens is 136 g/mol. The lowest BCUT2D eigenvalue weighted by Gasteiger charge is -1.85. The maximum Gasteiger partial charge on any atom is 0.300 e. The fourth-order valence-electron chi connectivity index (χ4n) is 0.0393. The van der Waals surface area contributed by atoms with Gasteiger partial charge >= 0.3 is 0 Å². The van der Waals surface area contributed by atoms with Crippen molar-refractivity contribution >= 4 is 27.0 Å². The Bertz CT molecular complexity index is 144. The van der Waals surface area contributed by atoms with Crippen molar-refractivity contribution in [3.63, 3.8) is 0 Å². The van der Waals surface area contributed by atoms with Crippen LogP contribution in [0, 0.1) is 0 Å². The molecule has 0 radical (unpaired) electrons. The van der Waals surface area contributed by atoms with Crippen molar-refractivity contribution in [1.29, 1.82) is 0 Å². The first kappa shape index (κ1) is 7.00. The minimum absolute atomic E-state index is 0.576. The van der Waals surface area contributed by atoms with Crippen LogP contribution in [0.25, 0.3) is 0 Å². The smallest absolute Gasteiger partial charge is 0.270 e. The second-order valence-corrected chi connectivity index (χ2v) is 2.84. The first-order chi connectivity index (χ1) is 3.12. The highest BCUT2D eigenvalue weighted by Gasteiger charge is 1.97. The lowest BCUT2D eigenvalue weighted by molar-refractivity contribution is 0.411. The standard InChI is InChI=1S/C2H4O3S2/c1-5-7(3,4)2-6/h2H,1H3. The number of rotatable bonds is 2. The van der Waals surface area contributed by atoms with E-state index in [1.807, 2.05) is 0 Å². The predicted octanol–water partition coefficient (Wildman–Crippen LogP) is -0.0802. The van der Waals surface area contributed by atoms with Gasteiger partial charge in [-0.1, -0.05) is 12.2 Å². The molecule has 0 aromatic carbocycles. The normalized spacial score (nSPS) is 11.0. The van der Waals surface area contributed by atoms with Crippen LogP contribution >= 0.6 is 12.2 Å². The van der Waals surface area contributed by atoms with Gasteiger partial charge in [-0.2, -0.15) is 8.42 Å². The third kappa shape index (κ3) is 2.67. The van der Waals surface area contributed by atoms with Gasteiger partial charge in [0.1, 0.15) is 4.70 Å². The van der Waals surface area contributed by atoms with Gasteiger partial charge in [0, 0.05) is 0 Å². The largest absolute Gasteiger partial charge is 0.300 e. The van der Waals surface area contributed by atoms with Crippen molar-refractivity contribution in [3.05, 3.63) is 0 Å². The van der Waals surface area contributed by atoms with Crippen molar-refractivity contribution in [3.8, 4) is 0 Å². The molecular formula is C2H4O3S2. The summed E-state index contributed by atoms with van der Waals surface area (Å²) in [5, 5.41) is 0. The van der Waals surface area contributed by atoms with E-state index in [0.29, 0.717) is 4.70 Å². The van der Waals surface area contributed by atoms with Crippen LogP contribution in [0.3, 0.4) is 0 Å². The van der Waals surface area contributed by atoms with Crippen LogP contribution in [0.5, 0.6) is 0 Å². The van der Waals surface area contributed by atoms with Crippen molar-refractivity contribution in [2.24, 2.45) is 0 Å². The zero-order valence-electron chi connectivity index (χ0n) is 3.62. The Labute approximate surface area is 47.4 Å². The van der Waals surface area contributed by atoms with Crippen LogP contribution in [0.2, 0.25) is 0 Å². The average Bonchev–Trinajstić information content (AvgIpc) is 1.68. The zero-order valence-corrected chi connectivity index (χ0v) is 5.25. The Kier molecular flexibility index (Phi) is 2.34. The van der Waals surface area contributed by atoms with Gasteiger partial charge in [-0.05, 0) is 0 Å². The topological polar surface area (TPSA) is 43.4 Å². The number of thiocarbonyl (C=S) groups is 1. The minimum Gasteiger partial charge on any atom is -0.270 e. The van der Waals surface area contributed by atoms with Crippen LogP contribution in [0.4, 0.5) is 0 Å². The molecule has 0 aromatic heterocycles. The number of hydrogen-bond donors (Lipinski definition) is 0. The van der Waals surface area contributed by atoms with Crippen LogP contribution < -0.4 is 0 Å². The second-order valence-electron chi connectivity index (χ2n) is 0.756. The van der Waals surface area contributed by atoms with E-state index in [2.05, 4.69) is 16.4 Å². The zero-order chi connectivity index (χ0) is 5.91. The first-order valence-electron chi connectivity index (χ1n) is 1.38. The van der Waals surface area contributed by atoms with E-state index >= 15 is 0 Å². The maximum absolute atomic E-state index is 9.99. The van der Waals surface area contributed by atoms with E-state index in [4.69, 9.17) is 0 Å². The molecule has 42 valence electrons. The van der Waals surface area contributed by atoms with Gasteiger partial charge in [-0.3, -0.25) is 4.18 Å². The molecule has 0 heterocycles. The fourth-order valence-corrected chi connectivity index (χ4v) is 0.354. The highest BCUT2D eigenvalue weighted by molar-refractivity contribution is 8.11. The Balaban J connectivity index is 4.17. The summed E-state index contributed by atoms with van der Waals surface area (Å²) in [6, 6.07) is 0. The maximum atomic E-state index is 9.99. The summed E-state index contributed by atoms with van der Waals surface area (Å²) in [5.74, 6) is 0. The molecule has 0 N–H and O–H groups in total. The molecule has 0 saturated heterocycles. The minimum atomic E-state index is -3.47. The van der Waals surface area contributed by atoms with E-state index < -0.39 is 10.1 Å². The molecule has 0 spiro atoms. The summed E-state index contributed by atoms with van der Waals surface area (Å²) in [6.07, 6.45) is 0. The van der Waals surface area contributed by atoms with Gasteiger partial charge in [0.15, 0.2) is 0 Å². The van der Waals surface area contributed by atoms with Crippen LogP contribution in [-0.2, 0) is 14.3 Å². The summed E-state index contributed by atoms with van der Waals surface area (Å²) < 4.78 is 24.4. The molecule has 5 heteroatoms. The number of hydrogen-bond acceptors (Lipinski definition) is 4. The average molecular weight is 140 g/mol. The van der Waals surface area contributed by atoms with Crippen molar-refractivity contribution in [1.82, 2.24) is 0 Å². The highest BCUT2D eigenvalue weighted by atomic mass is 32.2.